The number of hydrogen-bond donors (Lipinski definition) is 1. The number of para-hydroxylation sites is 2. The summed E-state index contributed by atoms with van der Waals surface area (Å²) in [5, 5.41) is 6.12. The lowest BCUT2D eigenvalue weighted by atomic mass is 9.84. The molecule has 2 aliphatic heterocycles. The number of fused-ring (bicyclic) bond motifs is 7. The van der Waals surface area contributed by atoms with Crippen LogP contribution in [0, 0.1) is 0 Å². The lowest BCUT2D eigenvalue weighted by molar-refractivity contribution is 0.674. The Balaban J connectivity index is 1.02. The van der Waals surface area contributed by atoms with Crippen molar-refractivity contribution in [2.24, 2.45) is 9.98 Å². The Bertz CT molecular complexity index is 2780. The Morgan fingerprint density at radius 3 is 1.98 bits per heavy atom. The molecule has 0 amide bonds. The van der Waals surface area contributed by atoms with Crippen molar-refractivity contribution in [3.63, 3.8) is 0 Å². The summed E-state index contributed by atoms with van der Waals surface area (Å²) in [7, 11) is 0. The molecule has 0 spiro atoms. The standard InChI is InChI=1S/C49H35N5/c1-3-13-32(14-4-1)47-50-48(33-15-5-2-6-16-33)52-49(51-47)34-23-25-37(26-24-34)53-45-28-27-38(31-42(45)41-29-35-17-7-8-18-36(35)30-46(41)53)54-43-21-11-9-19-39(43)40-20-10-12-22-44(40)54/h1-28,30-31,41,47H,29H2,(H,50,51,52). The molecule has 1 aromatic heterocycles. The summed E-state index contributed by atoms with van der Waals surface area (Å²) in [5.74, 6) is 1.77. The number of anilines is 2. The molecule has 0 saturated carbocycles. The van der Waals surface area contributed by atoms with E-state index in [0.717, 1.165) is 34.6 Å². The van der Waals surface area contributed by atoms with Crippen molar-refractivity contribution in [1.82, 2.24) is 9.88 Å². The Kier molecular flexibility index (Phi) is 6.99. The van der Waals surface area contributed by atoms with Crippen molar-refractivity contribution in [1.29, 1.82) is 0 Å². The summed E-state index contributed by atoms with van der Waals surface area (Å²) >= 11 is 0. The lowest BCUT2D eigenvalue weighted by Crippen LogP contribution is -2.33. The number of aromatic nitrogens is 1. The number of hydrogen-bond acceptors (Lipinski definition) is 4. The topological polar surface area (TPSA) is 44.9 Å². The molecule has 3 aliphatic rings. The summed E-state index contributed by atoms with van der Waals surface area (Å²) < 4.78 is 2.43. The second-order valence-electron chi connectivity index (χ2n) is 14.3. The predicted octanol–water partition coefficient (Wildman–Crippen LogP) is 11.1. The molecule has 2 unspecified atom stereocenters. The predicted molar refractivity (Wildman–Crippen MR) is 222 cm³/mol. The lowest BCUT2D eigenvalue weighted by Gasteiger charge is -2.27. The average Bonchev–Trinajstić information content (AvgIpc) is 3.75. The molecule has 5 heteroatoms. The largest absolute Gasteiger partial charge is 0.344 e. The van der Waals surface area contributed by atoms with Gasteiger partial charge in [-0.1, -0.05) is 121 Å². The van der Waals surface area contributed by atoms with Crippen LogP contribution in [0.25, 0.3) is 33.6 Å². The van der Waals surface area contributed by atoms with Crippen LogP contribution < -0.4 is 10.2 Å². The van der Waals surface area contributed by atoms with Gasteiger partial charge in [0.15, 0.2) is 5.84 Å². The maximum atomic E-state index is 5.12. The molecule has 0 fully saturated rings. The van der Waals surface area contributed by atoms with Crippen LogP contribution in [-0.2, 0) is 6.42 Å². The second-order valence-corrected chi connectivity index (χ2v) is 14.3. The highest BCUT2D eigenvalue weighted by Crippen LogP contribution is 2.52. The van der Waals surface area contributed by atoms with Crippen molar-refractivity contribution in [3.8, 4) is 5.69 Å². The third-order valence-corrected chi connectivity index (χ3v) is 11.2. The first kappa shape index (κ1) is 30.6. The third-order valence-electron chi connectivity index (χ3n) is 11.2. The molecule has 0 bridgehead atoms. The first-order valence-corrected chi connectivity index (χ1v) is 18.6. The van der Waals surface area contributed by atoms with Gasteiger partial charge in [0.25, 0.3) is 0 Å². The van der Waals surface area contributed by atoms with Gasteiger partial charge < -0.3 is 14.8 Å². The number of amidine groups is 2. The molecule has 0 saturated heterocycles. The summed E-state index contributed by atoms with van der Waals surface area (Å²) in [6.07, 6.45) is 3.12. The van der Waals surface area contributed by atoms with Crippen molar-refractivity contribution in [2.75, 3.05) is 4.90 Å². The van der Waals surface area contributed by atoms with Gasteiger partial charge in [-0.25, -0.2) is 9.98 Å². The Hall–Kier alpha value is -6.98. The van der Waals surface area contributed by atoms with Crippen LogP contribution in [0.4, 0.5) is 11.4 Å². The number of nitrogens with one attached hydrogen (secondary N) is 1. The maximum absolute atomic E-state index is 5.12. The van der Waals surface area contributed by atoms with Crippen molar-refractivity contribution in [3.05, 3.63) is 215 Å². The Labute approximate surface area is 313 Å². The highest BCUT2D eigenvalue weighted by atomic mass is 15.2. The first-order chi connectivity index (χ1) is 26.8. The second kappa shape index (κ2) is 12.3. The molecule has 1 aliphatic carbocycles. The molecule has 5 nitrogen and oxygen atoms in total. The van der Waals surface area contributed by atoms with Crippen LogP contribution in [0.2, 0.25) is 0 Å². The van der Waals surface area contributed by atoms with E-state index < -0.39 is 0 Å². The summed E-state index contributed by atoms with van der Waals surface area (Å²) in [6, 6.07) is 62.8. The normalized spacial score (nSPS) is 17.3. The number of nitrogens with zero attached hydrogens (tertiary/aromatic N) is 4. The van der Waals surface area contributed by atoms with Crippen LogP contribution in [0.5, 0.6) is 0 Å². The minimum absolute atomic E-state index is 0.237. The molecular weight excluding hydrogens is 659 g/mol. The number of allylic oxidation sites excluding steroid dienone is 1. The zero-order valence-electron chi connectivity index (χ0n) is 29.5. The van der Waals surface area contributed by atoms with Gasteiger partial charge in [0.2, 0.25) is 0 Å². The van der Waals surface area contributed by atoms with E-state index >= 15 is 0 Å². The van der Waals surface area contributed by atoms with E-state index in [1.54, 1.807) is 0 Å². The first-order valence-electron chi connectivity index (χ1n) is 18.6. The van der Waals surface area contributed by atoms with E-state index in [2.05, 4.69) is 173 Å². The van der Waals surface area contributed by atoms with Gasteiger partial charge in [-0.2, -0.15) is 0 Å². The molecule has 1 N–H and O–H groups in total. The van der Waals surface area contributed by atoms with Crippen molar-refractivity contribution in [2.45, 2.75) is 18.5 Å². The zero-order valence-corrected chi connectivity index (χ0v) is 29.5. The molecule has 8 aromatic rings. The highest BCUT2D eigenvalue weighted by molar-refractivity contribution is 6.13. The van der Waals surface area contributed by atoms with E-state index in [4.69, 9.17) is 9.98 Å². The minimum Gasteiger partial charge on any atom is -0.344 e. The molecule has 3 heterocycles. The van der Waals surface area contributed by atoms with Gasteiger partial charge in [-0.15, -0.1) is 0 Å². The van der Waals surface area contributed by atoms with Gasteiger partial charge in [0.05, 0.1) is 11.0 Å². The molecule has 2 atom stereocenters. The number of benzene rings is 7. The third kappa shape index (κ3) is 4.93. The van der Waals surface area contributed by atoms with Crippen LogP contribution in [0.3, 0.4) is 0 Å². The van der Waals surface area contributed by atoms with Crippen molar-refractivity contribution < 1.29 is 0 Å². The van der Waals surface area contributed by atoms with Gasteiger partial charge in [-0.3, -0.25) is 0 Å². The summed E-state index contributed by atoms with van der Waals surface area (Å²) in [6.45, 7) is 0. The Morgan fingerprint density at radius 1 is 0.574 bits per heavy atom. The van der Waals surface area contributed by atoms with Crippen LogP contribution in [0.15, 0.2) is 192 Å². The fourth-order valence-corrected chi connectivity index (χ4v) is 8.61. The Morgan fingerprint density at radius 2 is 1.22 bits per heavy atom. The van der Waals surface area contributed by atoms with Crippen molar-refractivity contribution >= 4 is 50.9 Å². The van der Waals surface area contributed by atoms with E-state index in [1.807, 2.05) is 24.3 Å². The van der Waals surface area contributed by atoms with E-state index in [-0.39, 0.29) is 12.1 Å². The average molecular weight is 694 g/mol. The molecule has 7 aromatic carbocycles. The number of aliphatic imine (C=N–C) groups is 2. The molecular formula is C49H35N5. The quantitative estimate of drug-likeness (QED) is 0.195. The summed E-state index contributed by atoms with van der Waals surface area (Å²) in [5.41, 5.74) is 14.4. The van der Waals surface area contributed by atoms with Crippen LogP contribution in [-0.4, -0.2) is 16.2 Å². The SMILES string of the molecule is C1=C2C(Cc3ccccc31)c1cc(-n3c4ccccc4c4ccccc43)ccc1N2c1ccc(C2=NC(c3ccccc3)NC(c3ccccc3)=N2)cc1. The maximum Gasteiger partial charge on any atom is 0.159 e. The molecule has 0 radical (unpaired) electrons. The van der Waals surface area contributed by atoms with E-state index in [1.165, 1.54) is 55.6 Å². The van der Waals surface area contributed by atoms with Crippen LogP contribution >= 0.6 is 0 Å². The van der Waals surface area contributed by atoms with Gasteiger partial charge in [0.1, 0.15) is 12.0 Å². The monoisotopic (exact) mass is 693 g/mol. The zero-order chi connectivity index (χ0) is 35.6. The number of rotatable bonds is 5. The molecule has 11 rings (SSSR count). The van der Waals surface area contributed by atoms with Gasteiger partial charge >= 0.3 is 0 Å². The van der Waals surface area contributed by atoms with E-state index in [0.29, 0.717) is 5.84 Å². The smallest absolute Gasteiger partial charge is 0.159 e. The van der Waals surface area contributed by atoms with Crippen LogP contribution in [0.1, 0.15) is 45.5 Å². The van der Waals surface area contributed by atoms with Gasteiger partial charge in [0, 0.05) is 50.6 Å². The van der Waals surface area contributed by atoms with E-state index in [9.17, 15) is 0 Å². The highest BCUT2D eigenvalue weighted by Gasteiger charge is 2.37. The fraction of sp³-hybridized carbons (Fsp3) is 0.0612. The fourth-order valence-electron chi connectivity index (χ4n) is 8.61. The molecule has 54 heavy (non-hydrogen) atoms. The minimum atomic E-state index is -0.240. The van der Waals surface area contributed by atoms with Gasteiger partial charge in [-0.05, 0) is 89.3 Å². The molecule has 256 valence electrons. The summed E-state index contributed by atoms with van der Waals surface area (Å²) in [4.78, 5) is 12.6.